The monoisotopic (exact) mass is 251 g/mol. The fourth-order valence-electron chi connectivity index (χ4n) is 2.23. The van der Waals surface area contributed by atoms with E-state index in [9.17, 15) is 5.21 Å². The molecule has 0 radical (unpaired) electrons. The Morgan fingerprint density at radius 1 is 1.29 bits per heavy atom. The molecule has 1 aliphatic carbocycles. The van der Waals surface area contributed by atoms with Gasteiger partial charge in [0.1, 0.15) is 0 Å². The molecule has 0 unspecified atom stereocenters. The predicted molar refractivity (Wildman–Crippen MR) is 64.6 cm³/mol. The van der Waals surface area contributed by atoms with Gasteiger partial charge in [-0.15, -0.1) is 5.10 Å². The fourth-order valence-corrected chi connectivity index (χ4v) is 2.56. The van der Waals surface area contributed by atoms with Gasteiger partial charge in [0.05, 0.1) is 5.69 Å². The van der Waals surface area contributed by atoms with Crippen molar-refractivity contribution in [1.82, 2.24) is 19.6 Å². The molecule has 2 N–H and O–H groups in total. The first-order valence-corrected chi connectivity index (χ1v) is 6.78. The Kier molecular flexibility index (Phi) is 2.64. The van der Waals surface area contributed by atoms with Crippen LogP contribution in [0.2, 0.25) is 0 Å². The Morgan fingerprint density at radius 2 is 2.12 bits per heavy atom. The van der Waals surface area contributed by atoms with Crippen LogP contribution in [0.4, 0.5) is 5.82 Å². The van der Waals surface area contributed by atoms with Crippen molar-refractivity contribution in [2.45, 2.75) is 30.8 Å². The van der Waals surface area contributed by atoms with Crippen LogP contribution < -0.4 is 5.48 Å². The lowest BCUT2D eigenvalue weighted by Crippen LogP contribution is -2.13. The Bertz CT molecular complexity index is 567. The molecule has 6 nitrogen and oxygen atoms in total. The molecule has 2 aromatic rings. The van der Waals surface area contributed by atoms with E-state index in [2.05, 4.69) is 20.5 Å². The molecule has 2 aromatic heterocycles. The molecule has 3 rings (SSSR count). The van der Waals surface area contributed by atoms with Crippen molar-refractivity contribution in [3.8, 4) is 0 Å². The van der Waals surface area contributed by atoms with Gasteiger partial charge in [0, 0.05) is 5.56 Å². The summed E-state index contributed by atoms with van der Waals surface area (Å²) in [4.78, 5) is 8.82. The van der Waals surface area contributed by atoms with Crippen molar-refractivity contribution >= 4 is 23.4 Å². The third-order valence-corrected chi connectivity index (χ3v) is 3.57. The quantitative estimate of drug-likeness (QED) is 0.622. The maximum absolute atomic E-state index is 9.30. The lowest BCUT2D eigenvalue weighted by atomic mass is 9.96. The molecule has 0 aliphatic heterocycles. The minimum absolute atomic E-state index is 0.548. The number of hydrogen-bond donors (Lipinski definition) is 2. The highest BCUT2D eigenvalue weighted by atomic mass is 32.2. The maximum atomic E-state index is 9.30. The average molecular weight is 251 g/mol. The summed E-state index contributed by atoms with van der Waals surface area (Å²) in [6, 6.07) is 0. The van der Waals surface area contributed by atoms with Crippen LogP contribution >= 0.6 is 11.8 Å². The highest BCUT2D eigenvalue weighted by Crippen LogP contribution is 2.27. The number of aromatic nitrogens is 4. The molecular weight excluding hydrogens is 238 g/mol. The number of thioether (sulfide) groups is 1. The predicted octanol–water partition coefficient (Wildman–Crippen LogP) is 1.53. The number of fused-ring (bicyclic) bond motifs is 2. The number of anilines is 1. The van der Waals surface area contributed by atoms with E-state index in [4.69, 9.17) is 0 Å². The van der Waals surface area contributed by atoms with Crippen LogP contribution in [0.1, 0.15) is 24.1 Å². The first-order chi connectivity index (χ1) is 8.33. The highest BCUT2D eigenvalue weighted by molar-refractivity contribution is 7.98. The molecule has 7 heteroatoms. The Balaban J connectivity index is 2.29. The van der Waals surface area contributed by atoms with Gasteiger partial charge in [-0.3, -0.25) is 10.7 Å². The van der Waals surface area contributed by atoms with Gasteiger partial charge < -0.3 is 0 Å². The molecule has 17 heavy (non-hydrogen) atoms. The molecular formula is C10H13N5OS. The summed E-state index contributed by atoms with van der Waals surface area (Å²) in [7, 11) is 0. The molecule has 0 saturated heterocycles. The Morgan fingerprint density at radius 3 is 2.88 bits per heavy atom. The van der Waals surface area contributed by atoms with Crippen molar-refractivity contribution < 1.29 is 5.21 Å². The molecule has 0 saturated carbocycles. The van der Waals surface area contributed by atoms with Crippen molar-refractivity contribution in [2.24, 2.45) is 0 Å². The van der Waals surface area contributed by atoms with Gasteiger partial charge in [0.25, 0.3) is 5.78 Å². The van der Waals surface area contributed by atoms with E-state index in [-0.39, 0.29) is 0 Å². The molecule has 0 atom stereocenters. The largest absolute Gasteiger partial charge is 0.290 e. The molecule has 0 amide bonds. The summed E-state index contributed by atoms with van der Waals surface area (Å²) < 4.78 is 1.58. The van der Waals surface area contributed by atoms with Crippen molar-refractivity contribution in [1.29, 1.82) is 0 Å². The zero-order valence-corrected chi connectivity index (χ0v) is 10.3. The van der Waals surface area contributed by atoms with E-state index in [1.165, 1.54) is 11.8 Å². The maximum Gasteiger partial charge on any atom is 0.255 e. The van der Waals surface area contributed by atoms with Crippen LogP contribution in [0.15, 0.2) is 5.16 Å². The van der Waals surface area contributed by atoms with Crippen LogP contribution in [0.3, 0.4) is 0 Å². The van der Waals surface area contributed by atoms with Crippen molar-refractivity contribution in [3.63, 3.8) is 0 Å². The topological polar surface area (TPSA) is 75.3 Å². The fraction of sp³-hybridized carbons (Fsp3) is 0.500. The number of nitrogens with zero attached hydrogens (tertiary/aromatic N) is 4. The van der Waals surface area contributed by atoms with Gasteiger partial charge in [0.15, 0.2) is 5.82 Å². The highest BCUT2D eigenvalue weighted by Gasteiger charge is 2.20. The second-order valence-corrected chi connectivity index (χ2v) is 4.79. The zero-order valence-electron chi connectivity index (χ0n) is 9.47. The van der Waals surface area contributed by atoms with E-state index < -0.39 is 0 Å². The van der Waals surface area contributed by atoms with E-state index in [0.717, 1.165) is 36.9 Å². The number of nitrogens with one attached hydrogen (secondary N) is 1. The van der Waals surface area contributed by atoms with Gasteiger partial charge >= 0.3 is 0 Å². The summed E-state index contributed by atoms with van der Waals surface area (Å²) in [5.41, 5.74) is 4.33. The van der Waals surface area contributed by atoms with Crippen LogP contribution in [0, 0.1) is 0 Å². The van der Waals surface area contributed by atoms with Crippen LogP contribution in [0.25, 0.3) is 5.78 Å². The second kappa shape index (κ2) is 4.15. The van der Waals surface area contributed by atoms with Crippen molar-refractivity contribution in [2.75, 3.05) is 11.7 Å². The van der Waals surface area contributed by atoms with Crippen LogP contribution in [0.5, 0.6) is 0 Å². The third-order valence-electron chi connectivity index (χ3n) is 3.03. The lowest BCUT2D eigenvalue weighted by Gasteiger charge is -2.17. The molecule has 2 heterocycles. The summed E-state index contributed by atoms with van der Waals surface area (Å²) in [5, 5.41) is 14.3. The third kappa shape index (κ3) is 1.66. The summed E-state index contributed by atoms with van der Waals surface area (Å²) in [6.07, 6.45) is 6.06. The minimum Gasteiger partial charge on any atom is -0.290 e. The average Bonchev–Trinajstić information content (AvgIpc) is 2.78. The van der Waals surface area contributed by atoms with Gasteiger partial charge in [-0.25, -0.2) is 4.98 Å². The smallest absolute Gasteiger partial charge is 0.255 e. The van der Waals surface area contributed by atoms with E-state index in [0.29, 0.717) is 16.8 Å². The van der Waals surface area contributed by atoms with E-state index in [1.54, 1.807) is 4.52 Å². The lowest BCUT2D eigenvalue weighted by molar-refractivity contribution is 0.381. The SMILES string of the molecule is CSc1nc2nc3c(c(NO)n2n1)CCCC3. The first kappa shape index (κ1) is 10.8. The van der Waals surface area contributed by atoms with Crippen molar-refractivity contribution in [3.05, 3.63) is 11.3 Å². The number of hydrogen-bond acceptors (Lipinski definition) is 6. The van der Waals surface area contributed by atoms with Gasteiger partial charge in [-0.2, -0.15) is 9.50 Å². The first-order valence-electron chi connectivity index (χ1n) is 5.56. The second-order valence-electron chi connectivity index (χ2n) is 4.01. The van der Waals surface area contributed by atoms with Gasteiger partial charge in [-0.05, 0) is 31.9 Å². The molecule has 0 bridgehead atoms. The normalized spacial score (nSPS) is 14.9. The van der Waals surface area contributed by atoms with Crippen LogP contribution in [-0.2, 0) is 12.8 Å². The summed E-state index contributed by atoms with van der Waals surface area (Å²) in [6.45, 7) is 0. The zero-order chi connectivity index (χ0) is 11.8. The van der Waals surface area contributed by atoms with E-state index in [1.807, 2.05) is 6.26 Å². The Labute approximate surface area is 102 Å². The van der Waals surface area contributed by atoms with Gasteiger partial charge in [-0.1, -0.05) is 11.8 Å². The molecule has 0 aromatic carbocycles. The molecule has 1 aliphatic rings. The minimum atomic E-state index is 0.548. The summed E-state index contributed by atoms with van der Waals surface area (Å²) in [5.74, 6) is 1.16. The van der Waals surface area contributed by atoms with Gasteiger partial charge in [0.2, 0.25) is 5.16 Å². The molecule has 0 spiro atoms. The van der Waals surface area contributed by atoms with E-state index >= 15 is 0 Å². The standard InChI is InChI=1S/C10H13N5OS/c1-17-10-12-9-11-7-5-3-2-4-6(7)8(14-16)15(9)13-10/h14,16H,2-5H2,1H3. The number of aryl methyl sites for hydroxylation is 1. The van der Waals surface area contributed by atoms with Crippen LogP contribution in [-0.4, -0.2) is 31.0 Å². The number of rotatable bonds is 2. The summed E-state index contributed by atoms with van der Waals surface area (Å²) >= 11 is 1.46. The molecule has 0 fully saturated rings. The Hall–Kier alpha value is -1.34. The molecule has 90 valence electrons.